The molecule has 0 spiro atoms. The number of ether oxygens (including phenoxy) is 1. The summed E-state index contributed by atoms with van der Waals surface area (Å²) < 4.78 is 54.7. The Morgan fingerprint density at radius 1 is 0.968 bits per heavy atom. The van der Waals surface area contributed by atoms with Crippen LogP contribution >= 0.6 is 0 Å². The molecule has 1 heterocycles. The van der Waals surface area contributed by atoms with E-state index in [2.05, 4.69) is 10.1 Å². The van der Waals surface area contributed by atoms with Gasteiger partial charge in [0.25, 0.3) is 0 Å². The molecule has 31 heavy (non-hydrogen) atoms. The molecule has 2 aromatic carbocycles. The maximum absolute atomic E-state index is 12.9. The van der Waals surface area contributed by atoms with E-state index in [1.807, 2.05) is 0 Å². The molecule has 1 amide bonds. The number of alkyl halides is 3. The number of pyridine rings is 1. The number of nitrogens with zero attached hydrogens (tertiary/aromatic N) is 1. The topological polar surface area (TPSA) is 67.1 Å². The third-order valence-electron chi connectivity index (χ3n) is 4.42. The zero-order valence-corrected chi connectivity index (χ0v) is 16.2. The molecule has 0 aliphatic carbocycles. The Bertz CT molecular complexity index is 1090. The Morgan fingerprint density at radius 2 is 1.61 bits per heavy atom. The molecule has 3 rings (SSSR count). The molecule has 0 saturated heterocycles. The average molecular weight is 433 g/mol. The van der Waals surface area contributed by atoms with E-state index < -0.39 is 12.4 Å². The number of hydrogen-bond donors (Lipinski definition) is 2. The molecule has 1 aromatic heterocycles. The molecular formula is C22H19F4N3O2. The van der Waals surface area contributed by atoms with Crippen molar-refractivity contribution in [1.82, 2.24) is 9.88 Å². The first kappa shape index (κ1) is 22.1. The summed E-state index contributed by atoms with van der Waals surface area (Å²) in [5, 5.41) is 10.7. The van der Waals surface area contributed by atoms with Gasteiger partial charge in [-0.15, -0.1) is 13.2 Å². The molecular weight excluding hydrogens is 414 g/mol. The molecule has 162 valence electrons. The lowest BCUT2D eigenvalue weighted by molar-refractivity contribution is -0.274. The van der Waals surface area contributed by atoms with Crippen LogP contribution in [0.4, 0.5) is 22.4 Å². The summed E-state index contributed by atoms with van der Waals surface area (Å²) in [6.07, 6.45) is -2.04. The van der Waals surface area contributed by atoms with E-state index in [9.17, 15) is 22.4 Å². The van der Waals surface area contributed by atoms with Crippen LogP contribution in [0.5, 0.6) is 5.75 Å². The summed E-state index contributed by atoms with van der Waals surface area (Å²) in [5.41, 5.74) is 2.02. The molecule has 0 radical (unpaired) electrons. The van der Waals surface area contributed by atoms with Gasteiger partial charge in [0.1, 0.15) is 17.1 Å². The normalized spacial score (nSPS) is 11.2. The molecule has 0 bridgehead atoms. The molecule has 0 saturated carbocycles. The largest absolute Gasteiger partial charge is 0.573 e. The van der Waals surface area contributed by atoms with E-state index in [4.69, 9.17) is 5.41 Å². The quantitative estimate of drug-likeness (QED) is 0.431. The number of rotatable bonds is 6. The highest BCUT2D eigenvalue weighted by atomic mass is 19.4. The smallest absolute Gasteiger partial charge is 0.406 e. The van der Waals surface area contributed by atoms with Gasteiger partial charge in [-0.1, -0.05) is 24.3 Å². The molecule has 5 nitrogen and oxygen atoms in total. The molecule has 3 aromatic rings. The summed E-state index contributed by atoms with van der Waals surface area (Å²) >= 11 is 0. The maximum atomic E-state index is 12.9. The first-order chi connectivity index (χ1) is 14.7. The minimum atomic E-state index is -4.77. The van der Waals surface area contributed by atoms with Crippen LogP contribution in [0.2, 0.25) is 0 Å². The van der Waals surface area contributed by atoms with Gasteiger partial charge in [0.05, 0.1) is 0 Å². The number of nitrogens with one attached hydrogen (secondary N) is 2. The summed E-state index contributed by atoms with van der Waals surface area (Å²) in [6.45, 7) is 0.357. The van der Waals surface area contributed by atoms with Gasteiger partial charge in [-0.25, -0.2) is 9.18 Å². The predicted octanol–water partition coefficient (Wildman–Crippen LogP) is 4.86. The fraction of sp³-hybridized carbons (Fsp3) is 0.182. The van der Waals surface area contributed by atoms with Gasteiger partial charge in [-0.3, -0.25) is 9.98 Å². The second-order valence-electron chi connectivity index (χ2n) is 6.71. The highest BCUT2D eigenvalue weighted by Crippen LogP contribution is 2.26. The molecule has 0 unspecified atom stereocenters. The Hall–Kier alpha value is -3.62. The zero-order valence-electron chi connectivity index (χ0n) is 16.2. The van der Waals surface area contributed by atoms with Crippen LogP contribution in [0.3, 0.4) is 0 Å². The Balaban J connectivity index is 1.62. The number of carbonyl (C=O) groups is 1. The monoisotopic (exact) mass is 433 g/mol. The minimum Gasteiger partial charge on any atom is -0.406 e. The van der Waals surface area contributed by atoms with E-state index in [1.165, 1.54) is 48.7 Å². The molecule has 0 aliphatic rings. The van der Waals surface area contributed by atoms with Gasteiger partial charge < -0.3 is 10.1 Å². The van der Waals surface area contributed by atoms with E-state index in [1.54, 1.807) is 18.2 Å². The molecule has 0 atom stereocenters. The standard InChI is InChI=1S/C22H19F4N3O2/c23-18-8-3-15(4-9-18)2-1-13-28-21(30)29-14-17(7-12-20(29)27)16-5-10-19(11-6-16)31-22(24,25)26/h3-12,14,27H,1-2,13H2,(H,28,30). The fourth-order valence-electron chi connectivity index (χ4n) is 2.91. The van der Waals surface area contributed by atoms with Crippen LogP contribution in [-0.4, -0.2) is 23.5 Å². The van der Waals surface area contributed by atoms with E-state index in [0.29, 0.717) is 30.5 Å². The van der Waals surface area contributed by atoms with Crippen molar-refractivity contribution in [2.75, 3.05) is 6.54 Å². The van der Waals surface area contributed by atoms with Crippen LogP contribution < -0.4 is 15.5 Å². The number of amides is 1. The van der Waals surface area contributed by atoms with Crippen LogP contribution in [0.15, 0.2) is 66.9 Å². The lowest BCUT2D eigenvalue weighted by atomic mass is 10.1. The van der Waals surface area contributed by atoms with Gasteiger partial charge in [-0.2, -0.15) is 0 Å². The van der Waals surface area contributed by atoms with Crippen molar-refractivity contribution in [3.8, 4) is 16.9 Å². The van der Waals surface area contributed by atoms with Crippen molar-refractivity contribution in [2.24, 2.45) is 0 Å². The SMILES string of the molecule is N=c1ccc(-c2ccc(OC(F)(F)F)cc2)cn1C(=O)NCCCc1ccc(F)cc1. The fourth-order valence-corrected chi connectivity index (χ4v) is 2.91. The molecule has 0 fully saturated rings. The first-order valence-electron chi connectivity index (χ1n) is 9.37. The van der Waals surface area contributed by atoms with Crippen LogP contribution in [0.25, 0.3) is 11.1 Å². The third-order valence-corrected chi connectivity index (χ3v) is 4.42. The lowest BCUT2D eigenvalue weighted by Crippen LogP contribution is -2.36. The summed E-state index contributed by atoms with van der Waals surface area (Å²) in [4.78, 5) is 12.5. The van der Waals surface area contributed by atoms with E-state index in [-0.39, 0.29) is 17.1 Å². The maximum Gasteiger partial charge on any atom is 0.573 e. The second-order valence-corrected chi connectivity index (χ2v) is 6.71. The van der Waals surface area contributed by atoms with Crippen molar-refractivity contribution in [2.45, 2.75) is 19.2 Å². The number of hydrogen-bond acceptors (Lipinski definition) is 3. The van der Waals surface area contributed by atoms with E-state index in [0.717, 1.165) is 10.1 Å². The summed E-state index contributed by atoms with van der Waals surface area (Å²) in [6, 6.07) is 13.9. The average Bonchev–Trinajstić information content (AvgIpc) is 2.72. The van der Waals surface area contributed by atoms with Crippen molar-refractivity contribution in [3.63, 3.8) is 0 Å². The summed E-state index contributed by atoms with van der Waals surface area (Å²) in [7, 11) is 0. The van der Waals surface area contributed by atoms with Crippen LogP contribution in [0, 0.1) is 11.2 Å². The van der Waals surface area contributed by atoms with E-state index >= 15 is 0 Å². The van der Waals surface area contributed by atoms with Gasteiger partial charge in [0.2, 0.25) is 0 Å². The van der Waals surface area contributed by atoms with Crippen LogP contribution in [0.1, 0.15) is 12.0 Å². The molecule has 2 N–H and O–H groups in total. The first-order valence-corrected chi connectivity index (χ1v) is 9.37. The van der Waals surface area contributed by atoms with Crippen molar-refractivity contribution in [1.29, 1.82) is 5.41 Å². The van der Waals surface area contributed by atoms with Gasteiger partial charge in [0, 0.05) is 12.7 Å². The second kappa shape index (κ2) is 9.46. The zero-order chi connectivity index (χ0) is 22.4. The van der Waals surface area contributed by atoms with Gasteiger partial charge in [-0.05, 0) is 65.9 Å². The Kier molecular flexibility index (Phi) is 6.74. The Morgan fingerprint density at radius 3 is 2.26 bits per heavy atom. The molecule has 9 heteroatoms. The highest BCUT2D eigenvalue weighted by molar-refractivity contribution is 5.78. The number of benzene rings is 2. The van der Waals surface area contributed by atoms with Crippen molar-refractivity contribution < 1.29 is 27.1 Å². The predicted molar refractivity (Wildman–Crippen MR) is 106 cm³/mol. The van der Waals surface area contributed by atoms with Gasteiger partial charge >= 0.3 is 12.4 Å². The molecule has 0 aliphatic heterocycles. The number of aromatic nitrogens is 1. The van der Waals surface area contributed by atoms with Gasteiger partial charge in [0.15, 0.2) is 0 Å². The minimum absolute atomic E-state index is 0.0446. The number of aryl methyl sites for hydroxylation is 1. The van der Waals surface area contributed by atoms with Crippen LogP contribution in [-0.2, 0) is 6.42 Å². The third kappa shape index (κ3) is 6.43. The Labute approximate surface area is 175 Å². The number of halogens is 4. The number of carbonyl (C=O) groups excluding carboxylic acids is 1. The summed E-state index contributed by atoms with van der Waals surface area (Å²) in [5.74, 6) is -0.654. The lowest BCUT2D eigenvalue weighted by Gasteiger charge is -2.12. The van der Waals surface area contributed by atoms with Crippen molar-refractivity contribution >= 4 is 6.03 Å². The van der Waals surface area contributed by atoms with Crippen molar-refractivity contribution in [3.05, 3.63) is 83.7 Å². The highest BCUT2D eigenvalue weighted by Gasteiger charge is 2.30.